The van der Waals surface area contributed by atoms with E-state index in [9.17, 15) is 9.18 Å². The Labute approximate surface area is 193 Å². The maximum Gasteiger partial charge on any atom is 0.316 e. The molecule has 0 saturated carbocycles. The van der Waals surface area contributed by atoms with E-state index in [2.05, 4.69) is 29.9 Å². The van der Waals surface area contributed by atoms with Crippen LogP contribution < -0.4 is 19.8 Å². The smallest absolute Gasteiger partial charge is 0.316 e. The molecule has 0 aliphatic heterocycles. The largest absolute Gasteiger partial charge is 0.467 e. The minimum Gasteiger partial charge on any atom is -0.467 e. The summed E-state index contributed by atoms with van der Waals surface area (Å²) in [4.78, 5) is 35.1. The standard InChI is InChI=1S/C23H21FN6O4/c1-14-25-12-18(13-26-14)34-20-4-3-15(8-19(20)24)5-6-33-23-29-11-17(21(31)30-23)7-16-9-27-22(32-2)28-10-16/h3-4,8-13H,5-7H2,1-2H3,(H,29,30,31). The lowest BCUT2D eigenvalue weighted by Gasteiger charge is -2.09. The number of aromatic amines is 1. The number of benzene rings is 1. The van der Waals surface area contributed by atoms with Crippen molar-refractivity contribution in [3.8, 4) is 23.5 Å². The molecule has 10 nitrogen and oxygen atoms in total. The van der Waals surface area contributed by atoms with E-state index in [1.54, 1.807) is 25.4 Å². The minimum absolute atomic E-state index is 0.0703. The molecule has 1 N–H and O–H groups in total. The van der Waals surface area contributed by atoms with Crippen LogP contribution in [0.5, 0.6) is 23.5 Å². The predicted octanol–water partition coefficient (Wildman–Crippen LogP) is 2.81. The van der Waals surface area contributed by atoms with Gasteiger partial charge >= 0.3 is 6.01 Å². The number of methoxy groups -OCH3 is 1. The molecular formula is C23H21FN6O4. The molecule has 4 aromatic rings. The Morgan fingerprint density at radius 3 is 2.41 bits per heavy atom. The molecule has 0 aliphatic carbocycles. The molecule has 3 heterocycles. The van der Waals surface area contributed by atoms with E-state index in [4.69, 9.17) is 14.2 Å². The topological polar surface area (TPSA) is 125 Å². The van der Waals surface area contributed by atoms with Gasteiger partial charge in [-0.1, -0.05) is 6.07 Å². The zero-order valence-corrected chi connectivity index (χ0v) is 18.5. The second kappa shape index (κ2) is 10.5. The summed E-state index contributed by atoms with van der Waals surface area (Å²) in [5, 5.41) is 0. The van der Waals surface area contributed by atoms with Gasteiger partial charge in [0.1, 0.15) is 5.82 Å². The van der Waals surface area contributed by atoms with E-state index in [1.807, 2.05) is 0 Å². The average molecular weight is 464 g/mol. The lowest BCUT2D eigenvalue weighted by atomic mass is 10.1. The molecule has 0 atom stereocenters. The monoisotopic (exact) mass is 464 g/mol. The van der Waals surface area contributed by atoms with E-state index < -0.39 is 5.82 Å². The van der Waals surface area contributed by atoms with Gasteiger partial charge in [0.05, 0.1) is 26.1 Å². The van der Waals surface area contributed by atoms with Gasteiger partial charge in [0, 0.05) is 37.0 Å². The van der Waals surface area contributed by atoms with Gasteiger partial charge in [-0.2, -0.15) is 0 Å². The number of H-pyrrole nitrogens is 1. The number of rotatable bonds is 9. The van der Waals surface area contributed by atoms with E-state index in [0.717, 1.165) is 5.56 Å². The first-order valence-corrected chi connectivity index (χ1v) is 10.3. The normalized spacial score (nSPS) is 10.7. The summed E-state index contributed by atoms with van der Waals surface area (Å²) in [5.74, 6) is 0.497. The maximum absolute atomic E-state index is 14.4. The number of hydrogen-bond donors (Lipinski definition) is 1. The van der Waals surface area contributed by atoms with Crippen molar-refractivity contribution in [3.63, 3.8) is 0 Å². The Hall–Kier alpha value is -4.41. The Morgan fingerprint density at radius 1 is 0.971 bits per heavy atom. The molecule has 0 aliphatic rings. The molecule has 1 aromatic carbocycles. The molecule has 0 unspecified atom stereocenters. The fraction of sp³-hybridized carbons (Fsp3) is 0.217. The first-order chi connectivity index (χ1) is 16.5. The van der Waals surface area contributed by atoms with Crippen LogP contribution in [0.1, 0.15) is 22.5 Å². The van der Waals surface area contributed by atoms with Crippen LogP contribution in [0.25, 0.3) is 0 Å². The van der Waals surface area contributed by atoms with Gasteiger partial charge in [-0.25, -0.2) is 29.3 Å². The first-order valence-electron chi connectivity index (χ1n) is 10.3. The van der Waals surface area contributed by atoms with E-state index >= 15 is 0 Å². The number of aromatic nitrogens is 6. The fourth-order valence-corrected chi connectivity index (χ4v) is 2.97. The zero-order chi connectivity index (χ0) is 23.9. The average Bonchev–Trinajstić information content (AvgIpc) is 2.84. The van der Waals surface area contributed by atoms with Crippen LogP contribution >= 0.6 is 0 Å². The van der Waals surface area contributed by atoms with Crippen molar-refractivity contribution in [1.29, 1.82) is 0 Å². The van der Waals surface area contributed by atoms with Crippen molar-refractivity contribution in [2.75, 3.05) is 13.7 Å². The summed E-state index contributed by atoms with van der Waals surface area (Å²) in [6, 6.07) is 4.96. The van der Waals surface area contributed by atoms with Gasteiger partial charge in [-0.3, -0.25) is 9.78 Å². The summed E-state index contributed by atoms with van der Waals surface area (Å²) in [6.45, 7) is 1.94. The number of nitrogens with zero attached hydrogens (tertiary/aromatic N) is 5. The fourth-order valence-electron chi connectivity index (χ4n) is 2.97. The number of aryl methyl sites for hydroxylation is 1. The van der Waals surface area contributed by atoms with Gasteiger partial charge in [-0.05, 0) is 30.2 Å². The molecule has 0 bridgehead atoms. The van der Waals surface area contributed by atoms with Crippen molar-refractivity contribution in [2.45, 2.75) is 19.8 Å². The maximum atomic E-state index is 14.4. The molecule has 0 saturated heterocycles. The van der Waals surface area contributed by atoms with E-state index in [1.165, 1.54) is 37.8 Å². The van der Waals surface area contributed by atoms with Crippen LogP contribution in [-0.2, 0) is 12.8 Å². The molecular weight excluding hydrogens is 443 g/mol. The van der Waals surface area contributed by atoms with Crippen molar-refractivity contribution in [3.05, 3.63) is 87.9 Å². The van der Waals surface area contributed by atoms with Crippen LogP contribution in [0.4, 0.5) is 4.39 Å². The number of hydrogen-bond acceptors (Lipinski definition) is 9. The molecule has 34 heavy (non-hydrogen) atoms. The number of ether oxygens (including phenoxy) is 3. The summed E-state index contributed by atoms with van der Waals surface area (Å²) in [7, 11) is 1.48. The van der Waals surface area contributed by atoms with Gasteiger partial charge in [0.2, 0.25) is 0 Å². The van der Waals surface area contributed by atoms with Crippen molar-refractivity contribution < 1.29 is 18.6 Å². The lowest BCUT2D eigenvalue weighted by Crippen LogP contribution is -2.16. The van der Waals surface area contributed by atoms with Crippen LogP contribution in [0.3, 0.4) is 0 Å². The van der Waals surface area contributed by atoms with Crippen LogP contribution in [0.2, 0.25) is 0 Å². The second-order valence-electron chi connectivity index (χ2n) is 7.23. The Morgan fingerprint density at radius 2 is 1.74 bits per heavy atom. The summed E-state index contributed by atoms with van der Waals surface area (Å²) in [5.41, 5.74) is 1.56. The zero-order valence-electron chi connectivity index (χ0n) is 18.5. The number of nitrogens with one attached hydrogen (secondary N) is 1. The Kier molecular flexibility index (Phi) is 7.01. The quantitative estimate of drug-likeness (QED) is 0.398. The predicted molar refractivity (Wildman–Crippen MR) is 119 cm³/mol. The Bertz CT molecular complexity index is 1310. The minimum atomic E-state index is -0.517. The van der Waals surface area contributed by atoms with Gasteiger partial charge in [0.25, 0.3) is 11.6 Å². The second-order valence-corrected chi connectivity index (χ2v) is 7.23. The molecule has 4 rings (SSSR count). The van der Waals surface area contributed by atoms with Crippen LogP contribution in [0, 0.1) is 12.7 Å². The highest BCUT2D eigenvalue weighted by atomic mass is 19.1. The van der Waals surface area contributed by atoms with Crippen molar-refractivity contribution >= 4 is 0 Å². The highest BCUT2D eigenvalue weighted by Crippen LogP contribution is 2.24. The molecule has 3 aromatic heterocycles. The molecule has 174 valence electrons. The first kappa shape index (κ1) is 22.8. The summed E-state index contributed by atoms with van der Waals surface area (Å²) >= 11 is 0. The molecule has 11 heteroatoms. The van der Waals surface area contributed by atoms with Crippen molar-refractivity contribution in [2.24, 2.45) is 0 Å². The molecule has 0 spiro atoms. The summed E-state index contributed by atoms with van der Waals surface area (Å²) < 4.78 is 30.3. The van der Waals surface area contributed by atoms with E-state index in [-0.39, 0.29) is 29.9 Å². The SMILES string of the molecule is COc1ncc(Cc2cnc(OCCc3ccc(Oc4cnc(C)nc4)c(F)c3)[nH]c2=O)cn1. The lowest BCUT2D eigenvalue weighted by molar-refractivity contribution is 0.294. The number of halogens is 1. The van der Waals surface area contributed by atoms with Crippen LogP contribution in [0.15, 0.2) is 54.0 Å². The molecule has 0 fully saturated rings. The van der Waals surface area contributed by atoms with Gasteiger partial charge < -0.3 is 14.2 Å². The molecule has 0 amide bonds. The Balaban J connectivity index is 1.31. The van der Waals surface area contributed by atoms with Gasteiger partial charge in [0.15, 0.2) is 17.3 Å². The summed E-state index contributed by atoms with van der Waals surface area (Å²) in [6.07, 6.45) is 8.29. The third-order valence-corrected chi connectivity index (χ3v) is 4.72. The third-order valence-electron chi connectivity index (χ3n) is 4.72. The molecule has 0 radical (unpaired) electrons. The van der Waals surface area contributed by atoms with E-state index in [0.29, 0.717) is 35.5 Å². The third kappa shape index (κ3) is 5.88. The van der Waals surface area contributed by atoms with Gasteiger partial charge in [-0.15, -0.1) is 0 Å². The highest BCUT2D eigenvalue weighted by Gasteiger charge is 2.09. The van der Waals surface area contributed by atoms with Crippen LogP contribution in [-0.4, -0.2) is 43.6 Å². The van der Waals surface area contributed by atoms with Crippen molar-refractivity contribution in [1.82, 2.24) is 29.9 Å². The highest BCUT2D eigenvalue weighted by molar-refractivity contribution is 5.33.